The van der Waals surface area contributed by atoms with Crippen LogP contribution in [-0.4, -0.2) is 14.8 Å². The van der Waals surface area contributed by atoms with Crippen LogP contribution in [0.1, 0.15) is 5.56 Å². The van der Waals surface area contributed by atoms with Crippen molar-refractivity contribution in [2.45, 2.75) is 10.9 Å². The maximum absolute atomic E-state index is 6.20. The van der Waals surface area contributed by atoms with E-state index in [-0.39, 0.29) is 0 Å². The molecule has 3 rings (SSSR count). The van der Waals surface area contributed by atoms with Gasteiger partial charge in [-0.3, -0.25) is 0 Å². The van der Waals surface area contributed by atoms with Crippen molar-refractivity contribution in [3.63, 3.8) is 0 Å². The summed E-state index contributed by atoms with van der Waals surface area (Å²) in [5, 5.41) is 10.7. The van der Waals surface area contributed by atoms with Crippen LogP contribution >= 0.6 is 35.0 Å². The minimum Gasteiger partial charge on any atom is -0.305 e. The van der Waals surface area contributed by atoms with Gasteiger partial charge in [-0.25, -0.2) is 0 Å². The summed E-state index contributed by atoms with van der Waals surface area (Å²) in [4.78, 5) is 0. The first-order valence-corrected chi connectivity index (χ1v) is 8.41. The van der Waals surface area contributed by atoms with Crippen molar-refractivity contribution in [2.75, 3.05) is 0 Å². The Kier molecular flexibility index (Phi) is 4.71. The Balaban J connectivity index is 1.78. The predicted octanol–water partition coefficient (Wildman–Crippen LogP) is 5.08. The summed E-state index contributed by atoms with van der Waals surface area (Å²) in [6.45, 7) is 0. The average molecular weight is 350 g/mol. The third-order valence-electron chi connectivity index (χ3n) is 3.24. The number of benzene rings is 2. The van der Waals surface area contributed by atoms with Crippen LogP contribution in [0.5, 0.6) is 0 Å². The Bertz CT molecular complexity index is 787. The molecule has 0 spiro atoms. The Labute approximate surface area is 143 Å². The van der Waals surface area contributed by atoms with Gasteiger partial charge >= 0.3 is 0 Å². The van der Waals surface area contributed by atoms with E-state index in [1.54, 1.807) is 17.8 Å². The molecule has 112 valence electrons. The minimum absolute atomic E-state index is 0.642. The van der Waals surface area contributed by atoms with E-state index >= 15 is 0 Å². The summed E-state index contributed by atoms with van der Waals surface area (Å²) in [5.41, 5.74) is 2.08. The number of nitrogens with zero attached hydrogens (tertiary/aromatic N) is 3. The molecule has 0 aliphatic carbocycles. The number of hydrogen-bond acceptors (Lipinski definition) is 3. The van der Waals surface area contributed by atoms with Gasteiger partial charge in [0.25, 0.3) is 0 Å². The maximum Gasteiger partial charge on any atom is 0.191 e. The fourth-order valence-corrected chi connectivity index (χ4v) is 3.53. The zero-order valence-corrected chi connectivity index (χ0v) is 14.2. The molecule has 2 aromatic carbocycles. The third kappa shape index (κ3) is 3.29. The van der Waals surface area contributed by atoms with Crippen molar-refractivity contribution >= 4 is 35.0 Å². The van der Waals surface area contributed by atoms with Gasteiger partial charge in [0.05, 0.1) is 0 Å². The van der Waals surface area contributed by atoms with E-state index in [0.29, 0.717) is 10.0 Å². The lowest BCUT2D eigenvalue weighted by atomic mass is 10.2. The fraction of sp³-hybridized carbons (Fsp3) is 0.125. The summed E-state index contributed by atoms with van der Waals surface area (Å²) < 4.78 is 1.99. The number of hydrogen-bond donors (Lipinski definition) is 0. The number of aromatic nitrogens is 3. The molecule has 1 aromatic heterocycles. The lowest BCUT2D eigenvalue weighted by Crippen LogP contribution is -1.95. The molecule has 0 fully saturated rings. The lowest BCUT2D eigenvalue weighted by Gasteiger charge is -2.05. The lowest BCUT2D eigenvalue weighted by molar-refractivity contribution is 0.794. The minimum atomic E-state index is 0.642. The molecule has 0 aliphatic rings. The van der Waals surface area contributed by atoms with Crippen molar-refractivity contribution < 1.29 is 0 Å². The second kappa shape index (κ2) is 6.73. The average Bonchev–Trinajstić information content (AvgIpc) is 2.88. The van der Waals surface area contributed by atoms with E-state index in [1.807, 2.05) is 54.1 Å². The zero-order chi connectivity index (χ0) is 15.5. The Morgan fingerprint density at radius 3 is 2.55 bits per heavy atom. The second-order valence-corrected chi connectivity index (χ2v) is 6.54. The van der Waals surface area contributed by atoms with E-state index in [4.69, 9.17) is 23.2 Å². The van der Waals surface area contributed by atoms with Crippen LogP contribution in [0.15, 0.2) is 53.7 Å². The summed E-state index contributed by atoms with van der Waals surface area (Å²) >= 11 is 13.7. The van der Waals surface area contributed by atoms with Gasteiger partial charge in [-0.2, -0.15) is 0 Å². The Hall–Kier alpha value is -1.49. The van der Waals surface area contributed by atoms with Gasteiger partial charge < -0.3 is 4.57 Å². The molecule has 0 aliphatic heterocycles. The molecule has 22 heavy (non-hydrogen) atoms. The summed E-state index contributed by atoms with van der Waals surface area (Å²) in [6, 6.07) is 15.5. The monoisotopic (exact) mass is 349 g/mol. The second-order valence-electron chi connectivity index (χ2n) is 4.76. The molecule has 6 heteroatoms. The molecule has 0 saturated heterocycles. The normalized spacial score (nSPS) is 10.9. The van der Waals surface area contributed by atoms with Gasteiger partial charge in [0.2, 0.25) is 0 Å². The number of rotatable bonds is 4. The molecule has 0 saturated carbocycles. The number of thioether (sulfide) groups is 1. The molecule has 0 amide bonds. The maximum atomic E-state index is 6.20. The standard InChI is InChI=1S/C16H13Cl2N3S/c1-21-15(11-5-3-2-4-6-11)19-20-16(21)22-10-12-7-8-13(17)9-14(12)18/h2-9H,10H2,1H3. The van der Waals surface area contributed by atoms with Crippen LogP contribution in [0, 0.1) is 0 Å². The SMILES string of the molecule is Cn1c(SCc2ccc(Cl)cc2Cl)nnc1-c1ccccc1. The quantitative estimate of drug-likeness (QED) is 0.615. The van der Waals surface area contributed by atoms with Gasteiger partial charge in [0.1, 0.15) is 0 Å². The summed E-state index contributed by atoms with van der Waals surface area (Å²) in [5.74, 6) is 1.57. The topological polar surface area (TPSA) is 30.7 Å². The van der Waals surface area contributed by atoms with Crippen LogP contribution < -0.4 is 0 Å². The van der Waals surface area contributed by atoms with Crippen LogP contribution in [0.3, 0.4) is 0 Å². The molecule has 0 unspecified atom stereocenters. The van der Waals surface area contributed by atoms with E-state index in [2.05, 4.69) is 10.2 Å². The van der Waals surface area contributed by atoms with Crippen LogP contribution in [-0.2, 0) is 12.8 Å². The van der Waals surface area contributed by atoms with E-state index in [1.165, 1.54) is 0 Å². The first-order valence-electron chi connectivity index (χ1n) is 6.66. The molecule has 0 bridgehead atoms. The first-order chi connectivity index (χ1) is 10.6. The van der Waals surface area contributed by atoms with Gasteiger partial charge in [-0.15, -0.1) is 10.2 Å². The first kappa shape index (κ1) is 15.4. The third-order valence-corrected chi connectivity index (χ3v) is 4.89. The summed E-state index contributed by atoms with van der Waals surface area (Å²) in [7, 11) is 1.97. The van der Waals surface area contributed by atoms with E-state index < -0.39 is 0 Å². The molecule has 0 N–H and O–H groups in total. The van der Waals surface area contributed by atoms with Crippen molar-refractivity contribution in [1.82, 2.24) is 14.8 Å². The predicted molar refractivity (Wildman–Crippen MR) is 92.5 cm³/mol. The Morgan fingerprint density at radius 2 is 1.82 bits per heavy atom. The highest BCUT2D eigenvalue weighted by atomic mass is 35.5. The molecular formula is C16H13Cl2N3S. The van der Waals surface area contributed by atoms with E-state index in [0.717, 1.165) is 27.9 Å². The van der Waals surface area contributed by atoms with Crippen molar-refractivity contribution in [1.29, 1.82) is 0 Å². The van der Waals surface area contributed by atoms with Gasteiger partial charge in [-0.1, -0.05) is 71.4 Å². The molecule has 3 nitrogen and oxygen atoms in total. The van der Waals surface area contributed by atoms with E-state index in [9.17, 15) is 0 Å². The molecule has 0 radical (unpaired) electrons. The van der Waals surface area contributed by atoms with Crippen molar-refractivity contribution in [3.8, 4) is 11.4 Å². The van der Waals surface area contributed by atoms with Crippen LogP contribution in [0.2, 0.25) is 10.0 Å². The zero-order valence-electron chi connectivity index (χ0n) is 11.8. The van der Waals surface area contributed by atoms with Crippen LogP contribution in [0.4, 0.5) is 0 Å². The van der Waals surface area contributed by atoms with Gasteiger partial charge in [-0.05, 0) is 17.7 Å². The van der Waals surface area contributed by atoms with Gasteiger partial charge in [0.15, 0.2) is 11.0 Å². The highest BCUT2D eigenvalue weighted by molar-refractivity contribution is 7.98. The highest BCUT2D eigenvalue weighted by Gasteiger charge is 2.11. The molecule has 0 atom stereocenters. The number of halogens is 2. The van der Waals surface area contributed by atoms with Gasteiger partial charge in [0, 0.05) is 28.4 Å². The van der Waals surface area contributed by atoms with Crippen molar-refractivity contribution in [2.24, 2.45) is 7.05 Å². The largest absolute Gasteiger partial charge is 0.305 e. The smallest absolute Gasteiger partial charge is 0.191 e. The molecular weight excluding hydrogens is 337 g/mol. The Morgan fingerprint density at radius 1 is 1.05 bits per heavy atom. The summed E-state index contributed by atoms with van der Waals surface area (Å²) in [6.07, 6.45) is 0. The molecule has 3 aromatic rings. The fourth-order valence-electron chi connectivity index (χ4n) is 2.06. The molecule has 1 heterocycles. The van der Waals surface area contributed by atoms with Crippen molar-refractivity contribution in [3.05, 3.63) is 64.1 Å². The highest BCUT2D eigenvalue weighted by Crippen LogP contribution is 2.29. The van der Waals surface area contributed by atoms with Crippen LogP contribution in [0.25, 0.3) is 11.4 Å².